The molecule has 1 saturated heterocycles. The molecule has 1 nitrogen and oxygen atoms in total. The van der Waals surface area contributed by atoms with Gasteiger partial charge in [-0.05, 0) is 18.9 Å². The summed E-state index contributed by atoms with van der Waals surface area (Å²) in [4.78, 5) is 0. The minimum atomic E-state index is -0.222. The van der Waals surface area contributed by atoms with Gasteiger partial charge in [-0.3, -0.25) is 0 Å². The first-order valence-electron chi connectivity index (χ1n) is 6.57. The van der Waals surface area contributed by atoms with E-state index in [1.807, 2.05) is 23.5 Å². The molecule has 1 aliphatic heterocycles. The molecule has 1 aliphatic rings. The van der Waals surface area contributed by atoms with E-state index in [0.717, 1.165) is 12.2 Å². The summed E-state index contributed by atoms with van der Waals surface area (Å²) in [6.07, 6.45) is 0.555. The number of aliphatic hydroxyl groups is 1. The van der Waals surface area contributed by atoms with Crippen molar-refractivity contribution in [1.82, 2.24) is 0 Å². The van der Waals surface area contributed by atoms with Crippen molar-refractivity contribution < 1.29 is 5.11 Å². The zero-order valence-electron chi connectivity index (χ0n) is 11.3. The van der Waals surface area contributed by atoms with Crippen molar-refractivity contribution in [2.24, 2.45) is 0 Å². The predicted octanol–water partition coefficient (Wildman–Crippen LogP) is 3.52. The third-order valence-corrected chi connectivity index (χ3v) is 7.11. The van der Waals surface area contributed by atoms with Crippen LogP contribution in [0.15, 0.2) is 24.3 Å². The van der Waals surface area contributed by atoms with E-state index < -0.39 is 0 Å². The van der Waals surface area contributed by atoms with Crippen LogP contribution in [0.3, 0.4) is 0 Å². The number of hydrogen-bond acceptors (Lipinski definition) is 3. The maximum absolute atomic E-state index is 10.4. The van der Waals surface area contributed by atoms with E-state index in [1.165, 1.54) is 11.1 Å². The van der Waals surface area contributed by atoms with Crippen molar-refractivity contribution in [3.8, 4) is 0 Å². The normalized spacial score (nSPS) is 30.1. The largest absolute Gasteiger partial charge is 0.392 e. The quantitative estimate of drug-likeness (QED) is 0.916. The molecule has 3 heteroatoms. The molecule has 0 bridgehead atoms. The average molecular weight is 282 g/mol. The molecule has 0 amide bonds. The summed E-state index contributed by atoms with van der Waals surface area (Å²) in [5.74, 6) is 1.07. The highest BCUT2D eigenvalue weighted by Crippen LogP contribution is 2.37. The Labute approximate surface area is 119 Å². The SMILES string of the molecule is Cc1ccc(CC(O)C2CSC(C)C(C)S2)cc1. The van der Waals surface area contributed by atoms with Gasteiger partial charge in [-0.1, -0.05) is 43.7 Å². The van der Waals surface area contributed by atoms with Crippen LogP contribution in [0.25, 0.3) is 0 Å². The molecule has 0 radical (unpaired) electrons. The van der Waals surface area contributed by atoms with Crippen LogP contribution in [0.5, 0.6) is 0 Å². The van der Waals surface area contributed by atoms with Crippen molar-refractivity contribution in [3.63, 3.8) is 0 Å². The first-order chi connectivity index (χ1) is 8.56. The van der Waals surface area contributed by atoms with E-state index in [1.54, 1.807) is 0 Å². The Bertz CT molecular complexity index is 377. The molecule has 1 aromatic carbocycles. The Kier molecular flexibility index (Phi) is 5.05. The van der Waals surface area contributed by atoms with Crippen LogP contribution in [0, 0.1) is 6.92 Å². The first-order valence-corrected chi connectivity index (χ1v) is 8.56. The highest BCUT2D eigenvalue weighted by molar-refractivity contribution is 8.07. The summed E-state index contributed by atoms with van der Waals surface area (Å²) in [7, 11) is 0. The second kappa shape index (κ2) is 6.36. The fraction of sp³-hybridized carbons (Fsp3) is 0.600. The van der Waals surface area contributed by atoms with Crippen LogP contribution < -0.4 is 0 Å². The van der Waals surface area contributed by atoms with E-state index in [0.29, 0.717) is 15.7 Å². The molecule has 4 atom stereocenters. The lowest BCUT2D eigenvalue weighted by Crippen LogP contribution is -2.35. The van der Waals surface area contributed by atoms with Crippen molar-refractivity contribution in [2.45, 2.75) is 49.0 Å². The highest BCUT2D eigenvalue weighted by atomic mass is 32.2. The van der Waals surface area contributed by atoms with E-state index in [-0.39, 0.29) is 6.10 Å². The summed E-state index contributed by atoms with van der Waals surface area (Å²) in [6, 6.07) is 8.50. The smallest absolute Gasteiger partial charge is 0.0707 e. The van der Waals surface area contributed by atoms with Crippen molar-refractivity contribution in [1.29, 1.82) is 0 Å². The Morgan fingerprint density at radius 2 is 1.89 bits per heavy atom. The van der Waals surface area contributed by atoms with Gasteiger partial charge in [0, 0.05) is 21.5 Å². The van der Waals surface area contributed by atoms with Crippen molar-refractivity contribution >= 4 is 23.5 Å². The molecule has 1 aromatic rings. The highest BCUT2D eigenvalue weighted by Gasteiger charge is 2.30. The Hall–Kier alpha value is -0.120. The fourth-order valence-corrected chi connectivity index (χ4v) is 5.12. The summed E-state index contributed by atoms with van der Waals surface area (Å²) in [5, 5.41) is 12.1. The van der Waals surface area contributed by atoms with E-state index in [9.17, 15) is 5.11 Å². The van der Waals surface area contributed by atoms with Crippen LogP contribution in [0.4, 0.5) is 0 Å². The molecule has 4 unspecified atom stereocenters. The standard InChI is InChI=1S/C15H22OS2/c1-10-4-6-13(7-5-10)8-14(16)15-9-17-11(2)12(3)18-15/h4-7,11-12,14-16H,8-9H2,1-3H3. The van der Waals surface area contributed by atoms with Crippen molar-refractivity contribution in [3.05, 3.63) is 35.4 Å². The lowest BCUT2D eigenvalue weighted by atomic mass is 10.0. The molecule has 0 aliphatic carbocycles. The monoisotopic (exact) mass is 282 g/mol. The second-order valence-corrected chi connectivity index (χ2v) is 8.21. The Balaban J connectivity index is 1.91. The van der Waals surface area contributed by atoms with Gasteiger partial charge in [0.05, 0.1) is 6.10 Å². The summed E-state index contributed by atoms with van der Waals surface area (Å²) >= 11 is 3.95. The van der Waals surface area contributed by atoms with Crippen LogP contribution in [-0.4, -0.2) is 32.7 Å². The molecule has 0 saturated carbocycles. The fourth-order valence-electron chi connectivity index (χ4n) is 2.11. The van der Waals surface area contributed by atoms with Gasteiger partial charge < -0.3 is 5.11 Å². The molecule has 18 heavy (non-hydrogen) atoms. The van der Waals surface area contributed by atoms with Crippen LogP contribution in [-0.2, 0) is 6.42 Å². The second-order valence-electron chi connectivity index (χ2n) is 5.18. The molecule has 0 spiro atoms. The minimum absolute atomic E-state index is 0.222. The van der Waals surface area contributed by atoms with Gasteiger partial charge in [-0.15, -0.1) is 0 Å². The molecular weight excluding hydrogens is 260 g/mol. The van der Waals surface area contributed by atoms with Gasteiger partial charge in [0.15, 0.2) is 0 Å². The van der Waals surface area contributed by atoms with Crippen LogP contribution in [0.1, 0.15) is 25.0 Å². The Morgan fingerprint density at radius 3 is 2.50 bits per heavy atom. The van der Waals surface area contributed by atoms with Gasteiger partial charge in [-0.2, -0.15) is 23.5 Å². The molecule has 2 rings (SSSR count). The minimum Gasteiger partial charge on any atom is -0.392 e. The summed E-state index contributed by atoms with van der Waals surface area (Å²) in [6.45, 7) is 6.65. The number of benzene rings is 1. The van der Waals surface area contributed by atoms with Crippen molar-refractivity contribution in [2.75, 3.05) is 5.75 Å². The van der Waals surface area contributed by atoms with Crippen LogP contribution in [0.2, 0.25) is 0 Å². The van der Waals surface area contributed by atoms with Gasteiger partial charge in [0.2, 0.25) is 0 Å². The molecule has 1 N–H and O–H groups in total. The molecule has 1 heterocycles. The first kappa shape index (κ1) is 14.3. The third-order valence-electron chi connectivity index (χ3n) is 3.57. The maximum atomic E-state index is 10.4. The number of thioether (sulfide) groups is 2. The van der Waals surface area contributed by atoms with Gasteiger partial charge in [-0.25, -0.2) is 0 Å². The predicted molar refractivity (Wildman–Crippen MR) is 83.7 cm³/mol. The summed E-state index contributed by atoms with van der Waals surface area (Å²) < 4.78 is 0. The van der Waals surface area contributed by atoms with Gasteiger partial charge in [0.25, 0.3) is 0 Å². The molecule has 0 aromatic heterocycles. The average Bonchev–Trinajstić information content (AvgIpc) is 2.35. The summed E-state index contributed by atoms with van der Waals surface area (Å²) in [5.41, 5.74) is 2.52. The molecular formula is C15H22OS2. The van der Waals surface area contributed by atoms with Gasteiger partial charge >= 0.3 is 0 Å². The zero-order chi connectivity index (χ0) is 13.1. The van der Waals surface area contributed by atoms with E-state index in [2.05, 4.69) is 45.0 Å². The number of hydrogen-bond donors (Lipinski definition) is 1. The lowest BCUT2D eigenvalue weighted by molar-refractivity contribution is 0.177. The Morgan fingerprint density at radius 1 is 1.22 bits per heavy atom. The van der Waals surface area contributed by atoms with E-state index in [4.69, 9.17) is 0 Å². The number of aryl methyl sites for hydroxylation is 1. The topological polar surface area (TPSA) is 20.2 Å². The molecule has 100 valence electrons. The lowest BCUT2D eigenvalue weighted by Gasteiger charge is -2.33. The molecule has 1 fully saturated rings. The maximum Gasteiger partial charge on any atom is 0.0707 e. The third kappa shape index (κ3) is 3.69. The number of rotatable bonds is 3. The van der Waals surface area contributed by atoms with Gasteiger partial charge in [0.1, 0.15) is 0 Å². The van der Waals surface area contributed by atoms with E-state index >= 15 is 0 Å². The van der Waals surface area contributed by atoms with Crippen LogP contribution >= 0.6 is 23.5 Å². The zero-order valence-corrected chi connectivity index (χ0v) is 12.9. The number of aliphatic hydroxyl groups excluding tert-OH is 1.